The number of hydrogen-bond donors (Lipinski definition) is 2. The number of benzene rings is 3. The van der Waals surface area contributed by atoms with Gasteiger partial charge in [0.15, 0.2) is 0 Å². The van der Waals surface area contributed by atoms with Gasteiger partial charge >= 0.3 is 5.97 Å². The number of carboxylic acid groups (broad SMARTS) is 1. The Hall–Kier alpha value is -3.80. The fourth-order valence-electron chi connectivity index (χ4n) is 4.52. The van der Waals surface area contributed by atoms with Crippen LogP contribution in [0.3, 0.4) is 0 Å². The van der Waals surface area contributed by atoms with Crippen molar-refractivity contribution in [1.82, 2.24) is 9.55 Å². The van der Waals surface area contributed by atoms with Gasteiger partial charge in [-0.15, -0.1) is 0 Å². The number of aliphatic carboxylic acids is 1. The Morgan fingerprint density at radius 1 is 1.16 bits per heavy atom. The van der Waals surface area contributed by atoms with Gasteiger partial charge in [-0.05, 0) is 49.2 Å². The molecule has 0 fully saturated rings. The van der Waals surface area contributed by atoms with Crippen LogP contribution in [0.25, 0.3) is 16.7 Å². The average Bonchev–Trinajstić information content (AvgIpc) is 3.32. The molecule has 5 rings (SSSR count). The van der Waals surface area contributed by atoms with E-state index in [1.165, 1.54) is 11.1 Å². The van der Waals surface area contributed by atoms with Gasteiger partial charge in [0.2, 0.25) is 0 Å². The topological polar surface area (TPSA) is 76.4 Å². The fourth-order valence-corrected chi connectivity index (χ4v) is 4.52. The third-order valence-electron chi connectivity index (χ3n) is 6.18. The summed E-state index contributed by atoms with van der Waals surface area (Å²) >= 11 is 0. The lowest BCUT2D eigenvalue weighted by Crippen LogP contribution is -2.07. The van der Waals surface area contributed by atoms with Crippen LogP contribution in [-0.4, -0.2) is 27.2 Å². The van der Waals surface area contributed by atoms with E-state index in [9.17, 15) is 4.79 Å². The first-order chi connectivity index (χ1) is 15.5. The molecule has 1 atom stereocenters. The fraction of sp³-hybridized carbons (Fsp3) is 0.231. The first-order valence-electron chi connectivity index (χ1n) is 10.8. The van der Waals surface area contributed by atoms with Gasteiger partial charge in [0.1, 0.15) is 11.6 Å². The lowest BCUT2D eigenvalue weighted by molar-refractivity contribution is -0.137. The number of aromatic nitrogens is 2. The van der Waals surface area contributed by atoms with Crippen molar-refractivity contribution in [1.29, 1.82) is 0 Å². The highest BCUT2D eigenvalue weighted by molar-refractivity contribution is 5.78. The van der Waals surface area contributed by atoms with Crippen molar-refractivity contribution < 1.29 is 14.6 Å². The number of ether oxygens (including phenoxy) is 1. The Morgan fingerprint density at radius 3 is 2.84 bits per heavy atom. The number of carbonyl (C=O) groups is 1. The molecule has 1 aromatic heterocycles. The molecule has 162 valence electrons. The van der Waals surface area contributed by atoms with Gasteiger partial charge in [-0.2, -0.15) is 0 Å². The van der Waals surface area contributed by atoms with E-state index in [2.05, 4.69) is 41.1 Å². The Labute approximate surface area is 186 Å². The van der Waals surface area contributed by atoms with Gasteiger partial charge in [0, 0.05) is 29.8 Å². The molecule has 0 spiro atoms. The van der Waals surface area contributed by atoms with Crippen molar-refractivity contribution in [2.75, 3.05) is 11.9 Å². The van der Waals surface area contributed by atoms with Crippen LogP contribution in [0.1, 0.15) is 34.9 Å². The van der Waals surface area contributed by atoms with E-state index < -0.39 is 5.97 Å². The lowest BCUT2D eigenvalue weighted by Gasteiger charge is -2.16. The van der Waals surface area contributed by atoms with Gasteiger partial charge in [-0.1, -0.05) is 30.3 Å². The molecule has 1 aliphatic rings. The highest BCUT2D eigenvalue weighted by atomic mass is 16.5. The van der Waals surface area contributed by atoms with Crippen molar-refractivity contribution in [3.63, 3.8) is 0 Å². The molecular weight excluding hydrogens is 402 g/mol. The van der Waals surface area contributed by atoms with Gasteiger partial charge in [-0.3, -0.25) is 9.36 Å². The summed E-state index contributed by atoms with van der Waals surface area (Å²) in [5, 5.41) is 12.6. The molecule has 0 saturated heterocycles. The van der Waals surface area contributed by atoms with Gasteiger partial charge in [0.05, 0.1) is 29.7 Å². The van der Waals surface area contributed by atoms with E-state index in [4.69, 9.17) is 14.8 Å². The lowest BCUT2D eigenvalue weighted by atomic mass is 9.98. The quantitative estimate of drug-likeness (QED) is 0.442. The maximum absolute atomic E-state index is 11.1. The minimum Gasteiger partial charge on any atom is -0.493 e. The van der Waals surface area contributed by atoms with Crippen LogP contribution < -0.4 is 10.1 Å². The Balaban J connectivity index is 1.39. The molecule has 6 heteroatoms. The van der Waals surface area contributed by atoms with Crippen LogP contribution >= 0.6 is 0 Å². The molecule has 3 aromatic carbocycles. The number of anilines is 1. The first kappa shape index (κ1) is 20.1. The van der Waals surface area contributed by atoms with Crippen molar-refractivity contribution in [3.8, 4) is 11.4 Å². The molecule has 6 nitrogen and oxygen atoms in total. The Kier molecular flexibility index (Phi) is 5.05. The number of nitrogens with zero attached hydrogens (tertiary/aromatic N) is 2. The zero-order valence-electron chi connectivity index (χ0n) is 18.1. The molecule has 4 aromatic rings. The maximum Gasteiger partial charge on any atom is 0.304 e. The smallest absolute Gasteiger partial charge is 0.304 e. The van der Waals surface area contributed by atoms with E-state index in [1.807, 2.05) is 43.3 Å². The minimum absolute atomic E-state index is 0.0799. The standard InChI is InChI=1S/C26H25N3O3/c1-16-18(6-5-9-23(16)29-17(2)28-22-7-3-4-8-24(22)29)14-27-20-10-11-21-19(12-26(30)31)15-32-25(21)13-20/h3-11,13,19,27H,12,14-15H2,1-2H3,(H,30,31)/t19-/m1/s1. The molecular formula is C26H25N3O3. The SMILES string of the molecule is Cc1c(CNc2ccc3c(c2)OC[C@H]3CC(=O)O)cccc1-n1c(C)nc2ccccc21. The number of carboxylic acids is 1. The maximum atomic E-state index is 11.1. The van der Waals surface area contributed by atoms with Crippen LogP contribution in [0.5, 0.6) is 5.75 Å². The number of hydrogen-bond acceptors (Lipinski definition) is 4. The molecule has 0 saturated carbocycles. The molecule has 2 N–H and O–H groups in total. The molecule has 0 unspecified atom stereocenters. The molecule has 0 radical (unpaired) electrons. The van der Waals surface area contributed by atoms with E-state index in [1.54, 1.807) is 0 Å². The van der Waals surface area contributed by atoms with E-state index >= 15 is 0 Å². The third kappa shape index (κ3) is 3.58. The summed E-state index contributed by atoms with van der Waals surface area (Å²) in [6.07, 6.45) is 0.0914. The largest absolute Gasteiger partial charge is 0.493 e. The highest BCUT2D eigenvalue weighted by Crippen LogP contribution is 2.37. The predicted octanol–water partition coefficient (Wildman–Crippen LogP) is 5.21. The van der Waals surface area contributed by atoms with Crippen LogP contribution in [0.2, 0.25) is 0 Å². The predicted molar refractivity (Wildman–Crippen MR) is 125 cm³/mol. The molecule has 0 bridgehead atoms. The summed E-state index contributed by atoms with van der Waals surface area (Å²) in [5.74, 6) is 0.854. The summed E-state index contributed by atoms with van der Waals surface area (Å²) in [7, 11) is 0. The summed E-state index contributed by atoms with van der Waals surface area (Å²) < 4.78 is 7.95. The van der Waals surface area contributed by atoms with Crippen molar-refractivity contribution in [2.24, 2.45) is 0 Å². The highest BCUT2D eigenvalue weighted by Gasteiger charge is 2.26. The number of para-hydroxylation sites is 2. The molecule has 0 amide bonds. The second-order valence-electron chi connectivity index (χ2n) is 8.26. The first-order valence-corrected chi connectivity index (χ1v) is 10.8. The van der Waals surface area contributed by atoms with Crippen LogP contribution in [0.4, 0.5) is 5.69 Å². The zero-order chi connectivity index (χ0) is 22.2. The van der Waals surface area contributed by atoms with Crippen LogP contribution in [0, 0.1) is 13.8 Å². The van der Waals surface area contributed by atoms with Crippen LogP contribution in [0.15, 0.2) is 60.7 Å². The van der Waals surface area contributed by atoms with E-state index in [0.717, 1.165) is 39.5 Å². The summed E-state index contributed by atoms with van der Waals surface area (Å²) in [6, 6.07) is 20.5. The molecule has 0 aliphatic carbocycles. The summed E-state index contributed by atoms with van der Waals surface area (Å²) in [5.41, 5.74) is 7.55. The Morgan fingerprint density at radius 2 is 2.00 bits per heavy atom. The van der Waals surface area contributed by atoms with E-state index in [-0.39, 0.29) is 12.3 Å². The Bertz CT molecular complexity index is 1330. The normalized spacial score (nSPS) is 14.9. The monoisotopic (exact) mass is 427 g/mol. The zero-order valence-corrected chi connectivity index (χ0v) is 18.1. The average molecular weight is 428 g/mol. The number of rotatable bonds is 6. The number of imidazole rings is 1. The summed E-state index contributed by atoms with van der Waals surface area (Å²) in [6.45, 7) is 5.27. The number of fused-ring (bicyclic) bond motifs is 2. The van der Waals surface area contributed by atoms with Gasteiger partial charge in [0.25, 0.3) is 0 Å². The second-order valence-corrected chi connectivity index (χ2v) is 8.26. The van der Waals surface area contributed by atoms with E-state index in [0.29, 0.717) is 13.2 Å². The molecule has 2 heterocycles. The third-order valence-corrected chi connectivity index (χ3v) is 6.18. The van der Waals surface area contributed by atoms with Crippen molar-refractivity contribution in [2.45, 2.75) is 32.7 Å². The minimum atomic E-state index is -0.801. The molecule has 32 heavy (non-hydrogen) atoms. The summed E-state index contributed by atoms with van der Waals surface area (Å²) in [4.78, 5) is 15.8. The molecule has 1 aliphatic heterocycles. The van der Waals surface area contributed by atoms with Gasteiger partial charge in [-0.25, -0.2) is 4.98 Å². The number of aryl methyl sites for hydroxylation is 1. The van der Waals surface area contributed by atoms with Crippen molar-refractivity contribution in [3.05, 3.63) is 83.2 Å². The van der Waals surface area contributed by atoms with Crippen LogP contribution in [-0.2, 0) is 11.3 Å². The van der Waals surface area contributed by atoms with Gasteiger partial charge < -0.3 is 15.2 Å². The number of nitrogens with one attached hydrogen (secondary N) is 1. The second kappa shape index (κ2) is 8.04. The van der Waals surface area contributed by atoms with Crippen molar-refractivity contribution >= 4 is 22.7 Å².